The number of pyridine rings is 1. The van der Waals surface area contributed by atoms with Gasteiger partial charge in [0.25, 0.3) is 0 Å². The zero-order chi connectivity index (χ0) is 12.5. The van der Waals surface area contributed by atoms with E-state index in [0.29, 0.717) is 0 Å². The van der Waals surface area contributed by atoms with Crippen LogP contribution in [0.4, 0.5) is 5.69 Å². The summed E-state index contributed by atoms with van der Waals surface area (Å²) in [5.74, 6) is 2.80. The van der Waals surface area contributed by atoms with Gasteiger partial charge in [-0.1, -0.05) is 0 Å². The summed E-state index contributed by atoms with van der Waals surface area (Å²) in [6, 6.07) is 1.98. The third-order valence-corrected chi connectivity index (χ3v) is 3.30. The average molecular weight is 256 g/mol. The highest BCUT2D eigenvalue weighted by Gasteiger charge is 2.02. The van der Waals surface area contributed by atoms with Crippen molar-refractivity contribution >= 4 is 17.4 Å². The first-order valence-corrected chi connectivity index (χ1v) is 6.86. The Labute approximate surface area is 107 Å². The van der Waals surface area contributed by atoms with E-state index in [1.165, 1.54) is 0 Å². The van der Waals surface area contributed by atoms with E-state index in [9.17, 15) is 0 Å². The molecule has 1 rings (SSSR count). The molecule has 0 fully saturated rings. The van der Waals surface area contributed by atoms with E-state index in [-0.39, 0.29) is 6.61 Å². The lowest BCUT2D eigenvalue weighted by molar-refractivity contribution is 0.296. The molecule has 0 radical (unpaired) electrons. The summed E-state index contributed by atoms with van der Waals surface area (Å²) >= 11 is 1.84. The van der Waals surface area contributed by atoms with Crippen molar-refractivity contribution in [2.45, 2.75) is 13.3 Å². The summed E-state index contributed by atoms with van der Waals surface area (Å²) in [5.41, 5.74) is 1.96. The summed E-state index contributed by atoms with van der Waals surface area (Å²) in [6.07, 6.45) is 2.60. The van der Waals surface area contributed by atoms with E-state index in [0.717, 1.165) is 41.6 Å². The summed E-state index contributed by atoms with van der Waals surface area (Å²) in [5, 5.41) is 12.0. The number of aliphatic hydroxyl groups excluding tert-OH is 1. The predicted octanol–water partition coefficient (Wildman–Crippen LogP) is 1.93. The van der Waals surface area contributed by atoms with Gasteiger partial charge in [0, 0.05) is 24.6 Å². The molecule has 5 heteroatoms. The molecule has 0 spiro atoms. The van der Waals surface area contributed by atoms with Crippen molar-refractivity contribution in [1.82, 2.24) is 4.98 Å². The van der Waals surface area contributed by atoms with Gasteiger partial charge in [0.1, 0.15) is 0 Å². The molecular weight excluding hydrogens is 236 g/mol. The number of thioether (sulfide) groups is 1. The van der Waals surface area contributed by atoms with E-state index in [1.54, 1.807) is 13.3 Å². The highest BCUT2D eigenvalue weighted by Crippen LogP contribution is 2.23. The Balaban J connectivity index is 2.32. The van der Waals surface area contributed by atoms with Gasteiger partial charge < -0.3 is 15.2 Å². The topological polar surface area (TPSA) is 54.4 Å². The Morgan fingerprint density at radius 3 is 3.00 bits per heavy atom. The Bertz CT molecular complexity index is 334. The number of aliphatic hydroxyl groups is 1. The lowest BCUT2D eigenvalue weighted by Crippen LogP contribution is -2.06. The molecule has 1 aromatic rings. The third-order valence-electron chi connectivity index (χ3n) is 2.23. The Kier molecular flexibility index (Phi) is 6.81. The SMILES string of the molecule is COc1cnc(C)cc1NCCSCCCO. The minimum absolute atomic E-state index is 0.276. The van der Waals surface area contributed by atoms with Crippen LogP contribution in [0.5, 0.6) is 5.75 Å². The van der Waals surface area contributed by atoms with Crippen LogP contribution >= 0.6 is 11.8 Å². The van der Waals surface area contributed by atoms with E-state index in [4.69, 9.17) is 9.84 Å². The molecule has 0 atom stereocenters. The van der Waals surface area contributed by atoms with Gasteiger partial charge in [-0.2, -0.15) is 11.8 Å². The first-order valence-electron chi connectivity index (χ1n) is 5.71. The molecule has 0 amide bonds. The summed E-state index contributed by atoms with van der Waals surface area (Å²) in [7, 11) is 1.65. The van der Waals surface area contributed by atoms with E-state index >= 15 is 0 Å². The average Bonchev–Trinajstić information content (AvgIpc) is 2.34. The Morgan fingerprint density at radius 1 is 1.47 bits per heavy atom. The van der Waals surface area contributed by atoms with Gasteiger partial charge in [0.2, 0.25) is 0 Å². The lowest BCUT2D eigenvalue weighted by atomic mass is 10.3. The minimum atomic E-state index is 0.276. The number of methoxy groups -OCH3 is 1. The number of nitrogens with one attached hydrogen (secondary N) is 1. The van der Waals surface area contributed by atoms with Gasteiger partial charge in [-0.25, -0.2) is 0 Å². The zero-order valence-corrected chi connectivity index (χ0v) is 11.2. The fraction of sp³-hybridized carbons (Fsp3) is 0.583. The number of nitrogens with zero attached hydrogens (tertiary/aromatic N) is 1. The van der Waals surface area contributed by atoms with Crippen LogP contribution in [0.15, 0.2) is 12.3 Å². The first kappa shape index (κ1) is 14.1. The number of aryl methyl sites for hydroxylation is 1. The summed E-state index contributed by atoms with van der Waals surface area (Å²) < 4.78 is 5.23. The molecule has 0 aliphatic rings. The van der Waals surface area contributed by atoms with Gasteiger partial charge in [-0.05, 0) is 25.2 Å². The molecule has 4 nitrogen and oxygen atoms in total. The van der Waals surface area contributed by atoms with Gasteiger partial charge in [-0.3, -0.25) is 4.98 Å². The number of rotatable bonds is 8. The van der Waals surface area contributed by atoms with Crippen molar-refractivity contribution in [2.75, 3.05) is 37.1 Å². The molecule has 0 aromatic carbocycles. The van der Waals surface area contributed by atoms with Crippen molar-refractivity contribution in [1.29, 1.82) is 0 Å². The molecule has 1 aromatic heterocycles. The second kappa shape index (κ2) is 8.20. The smallest absolute Gasteiger partial charge is 0.160 e. The molecule has 0 aliphatic carbocycles. The van der Waals surface area contributed by atoms with Crippen molar-refractivity contribution < 1.29 is 9.84 Å². The van der Waals surface area contributed by atoms with E-state index < -0.39 is 0 Å². The summed E-state index contributed by atoms with van der Waals surface area (Å²) in [6.45, 7) is 3.12. The number of hydrogen-bond acceptors (Lipinski definition) is 5. The van der Waals surface area contributed by atoms with Gasteiger partial charge in [0.15, 0.2) is 5.75 Å². The number of aromatic nitrogens is 1. The first-order chi connectivity index (χ1) is 8.27. The molecule has 1 heterocycles. The molecule has 0 bridgehead atoms. The van der Waals surface area contributed by atoms with Crippen LogP contribution in [0.25, 0.3) is 0 Å². The fourth-order valence-electron chi connectivity index (χ4n) is 1.37. The second-order valence-corrected chi connectivity index (χ2v) is 4.87. The standard InChI is InChI=1S/C12H20N2O2S/c1-10-8-11(12(16-2)9-14-10)13-4-7-17-6-3-5-15/h8-9,15H,3-7H2,1-2H3,(H,13,14). The van der Waals surface area contributed by atoms with Crippen LogP contribution in [0.1, 0.15) is 12.1 Å². The van der Waals surface area contributed by atoms with E-state index in [2.05, 4.69) is 10.3 Å². The monoisotopic (exact) mass is 256 g/mol. The van der Waals surface area contributed by atoms with Crippen molar-refractivity contribution in [2.24, 2.45) is 0 Å². The van der Waals surface area contributed by atoms with Crippen molar-refractivity contribution in [3.63, 3.8) is 0 Å². The Morgan fingerprint density at radius 2 is 2.29 bits per heavy atom. The maximum absolute atomic E-state index is 8.65. The largest absolute Gasteiger partial charge is 0.493 e. The van der Waals surface area contributed by atoms with Crippen LogP contribution in [0.2, 0.25) is 0 Å². The highest BCUT2D eigenvalue weighted by atomic mass is 32.2. The van der Waals surface area contributed by atoms with Crippen LogP contribution in [0, 0.1) is 6.92 Å². The highest BCUT2D eigenvalue weighted by molar-refractivity contribution is 7.99. The van der Waals surface area contributed by atoms with Crippen LogP contribution in [0.3, 0.4) is 0 Å². The number of ether oxygens (including phenoxy) is 1. The number of hydrogen-bond donors (Lipinski definition) is 2. The van der Waals surface area contributed by atoms with Crippen LogP contribution in [-0.4, -0.2) is 41.9 Å². The maximum atomic E-state index is 8.65. The molecule has 17 heavy (non-hydrogen) atoms. The summed E-state index contributed by atoms with van der Waals surface area (Å²) in [4.78, 5) is 4.18. The predicted molar refractivity (Wildman–Crippen MR) is 73.0 cm³/mol. The minimum Gasteiger partial charge on any atom is -0.493 e. The van der Waals surface area contributed by atoms with Gasteiger partial charge >= 0.3 is 0 Å². The lowest BCUT2D eigenvalue weighted by Gasteiger charge is -2.11. The molecule has 96 valence electrons. The van der Waals surface area contributed by atoms with Crippen molar-refractivity contribution in [3.05, 3.63) is 18.0 Å². The molecule has 0 unspecified atom stereocenters. The molecule has 0 saturated carbocycles. The zero-order valence-electron chi connectivity index (χ0n) is 10.4. The maximum Gasteiger partial charge on any atom is 0.160 e. The van der Waals surface area contributed by atoms with E-state index in [1.807, 2.05) is 24.8 Å². The van der Waals surface area contributed by atoms with Gasteiger partial charge in [0.05, 0.1) is 19.0 Å². The molecule has 2 N–H and O–H groups in total. The Hall–Kier alpha value is -0.940. The number of anilines is 1. The van der Waals surface area contributed by atoms with Crippen molar-refractivity contribution in [3.8, 4) is 5.75 Å². The molecule has 0 aliphatic heterocycles. The molecular formula is C12H20N2O2S. The van der Waals surface area contributed by atoms with Gasteiger partial charge in [-0.15, -0.1) is 0 Å². The fourth-order valence-corrected chi connectivity index (χ4v) is 2.16. The van der Waals surface area contributed by atoms with Crippen LogP contribution in [-0.2, 0) is 0 Å². The normalized spacial score (nSPS) is 10.3. The molecule has 0 saturated heterocycles. The van der Waals surface area contributed by atoms with Crippen LogP contribution < -0.4 is 10.1 Å². The second-order valence-electron chi connectivity index (χ2n) is 3.64. The quantitative estimate of drug-likeness (QED) is 0.696. The third kappa shape index (κ3) is 5.28.